The minimum atomic E-state index is 0.128. The Morgan fingerprint density at radius 3 is 2.58 bits per heavy atom. The first kappa shape index (κ1) is 9.33. The van der Waals surface area contributed by atoms with E-state index >= 15 is 0 Å². The Balaban J connectivity index is 2.65. The van der Waals surface area contributed by atoms with Gasteiger partial charge in [0.15, 0.2) is 0 Å². The van der Waals surface area contributed by atoms with E-state index < -0.39 is 0 Å². The average Bonchev–Trinajstić information content (AvgIpc) is 2.33. The van der Waals surface area contributed by atoms with Gasteiger partial charge in [0, 0.05) is 11.6 Å². The van der Waals surface area contributed by atoms with Crippen molar-refractivity contribution in [1.82, 2.24) is 0 Å². The van der Waals surface area contributed by atoms with E-state index in [0.29, 0.717) is 5.92 Å². The van der Waals surface area contributed by atoms with Crippen LogP contribution in [0.15, 0.2) is 16.7 Å². The van der Waals surface area contributed by atoms with Crippen molar-refractivity contribution < 1.29 is 4.42 Å². The average molecular weight is 167 g/mol. The molecular weight excluding hydrogens is 150 g/mol. The minimum absolute atomic E-state index is 0.128. The summed E-state index contributed by atoms with van der Waals surface area (Å²) in [6.07, 6.45) is 2.71. The third-order valence-electron chi connectivity index (χ3n) is 2.02. The molecule has 68 valence electrons. The van der Waals surface area contributed by atoms with Crippen molar-refractivity contribution in [3.05, 3.63) is 23.7 Å². The third kappa shape index (κ3) is 2.11. The molecule has 1 unspecified atom stereocenters. The highest BCUT2D eigenvalue weighted by Gasteiger charge is 2.12. The Kier molecular flexibility index (Phi) is 2.93. The summed E-state index contributed by atoms with van der Waals surface area (Å²) in [6.45, 7) is 6.31. The monoisotopic (exact) mass is 167 g/mol. The number of hydrogen-bond donors (Lipinski definition) is 1. The maximum absolute atomic E-state index is 5.98. The molecule has 0 aliphatic carbocycles. The fourth-order valence-electron chi connectivity index (χ4n) is 1.41. The van der Waals surface area contributed by atoms with Crippen LogP contribution in [0.3, 0.4) is 0 Å². The van der Waals surface area contributed by atoms with Crippen LogP contribution < -0.4 is 5.73 Å². The lowest BCUT2D eigenvalue weighted by Crippen LogP contribution is -2.12. The maximum Gasteiger partial charge on any atom is 0.105 e. The lowest BCUT2D eigenvalue weighted by molar-refractivity contribution is 0.488. The fraction of sp³-hybridized carbons (Fsp3) is 0.600. The molecule has 0 amide bonds. The molecule has 1 rings (SSSR count). The van der Waals surface area contributed by atoms with E-state index in [-0.39, 0.29) is 6.04 Å². The zero-order valence-corrected chi connectivity index (χ0v) is 8.00. The maximum atomic E-state index is 5.98. The van der Waals surface area contributed by atoms with Gasteiger partial charge in [0.1, 0.15) is 5.76 Å². The quantitative estimate of drug-likeness (QED) is 0.751. The molecule has 0 fully saturated rings. The molecule has 0 spiro atoms. The van der Waals surface area contributed by atoms with E-state index in [1.54, 1.807) is 6.26 Å². The minimum Gasteiger partial charge on any atom is -0.469 e. The molecule has 0 saturated carbocycles. The van der Waals surface area contributed by atoms with Gasteiger partial charge in [0.2, 0.25) is 0 Å². The van der Waals surface area contributed by atoms with Crippen LogP contribution in [-0.2, 0) is 0 Å². The van der Waals surface area contributed by atoms with Crippen LogP contribution >= 0.6 is 0 Å². The lowest BCUT2D eigenvalue weighted by atomic mass is 9.98. The van der Waals surface area contributed by atoms with Gasteiger partial charge < -0.3 is 10.2 Å². The summed E-state index contributed by atoms with van der Waals surface area (Å²) in [5.74, 6) is 1.58. The van der Waals surface area contributed by atoms with Crippen molar-refractivity contribution in [3.63, 3.8) is 0 Å². The molecule has 0 aliphatic heterocycles. The van der Waals surface area contributed by atoms with Gasteiger partial charge in [-0.15, -0.1) is 0 Å². The first-order valence-electron chi connectivity index (χ1n) is 4.41. The van der Waals surface area contributed by atoms with Crippen molar-refractivity contribution in [2.45, 2.75) is 33.2 Å². The van der Waals surface area contributed by atoms with Gasteiger partial charge in [0.25, 0.3) is 0 Å². The molecule has 1 atom stereocenters. The van der Waals surface area contributed by atoms with Crippen LogP contribution in [0, 0.1) is 12.8 Å². The number of nitrogens with two attached hydrogens (primary N) is 1. The van der Waals surface area contributed by atoms with Crippen LogP contribution in [0.5, 0.6) is 0 Å². The standard InChI is InChI=1S/C10H17NO/c1-7(2)6-10(11)9-4-5-12-8(9)3/h4-5,7,10H,6,11H2,1-3H3. The van der Waals surface area contributed by atoms with E-state index in [2.05, 4.69) is 13.8 Å². The Morgan fingerprint density at radius 1 is 1.50 bits per heavy atom. The van der Waals surface area contributed by atoms with Crippen molar-refractivity contribution in [1.29, 1.82) is 0 Å². The van der Waals surface area contributed by atoms with E-state index in [1.807, 2.05) is 13.0 Å². The Labute approximate surface area is 73.8 Å². The van der Waals surface area contributed by atoms with Gasteiger partial charge >= 0.3 is 0 Å². The zero-order valence-electron chi connectivity index (χ0n) is 8.00. The van der Waals surface area contributed by atoms with Crippen molar-refractivity contribution >= 4 is 0 Å². The highest BCUT2D eigenvalue weighted by Crippen LogP contribution is 2.22. The van der Waals surface area contributed by atoms with Crippen LogP contribution in [0.1, 0.15) is 37.6 Å². The van der Waals surface area contributed by atoms with Gasteiger partial charge in [-0.25, -0.2) is 0 Å². The molecule has 1 heterocycles. The first-order valence-corrected chi connectivity index (χ1v) is 4.41. The molecule has 2 heteroatoms. The van der Waals surface area contributed by atoms with Crippen molar-refractivity contribution in [2.75, 3.05) is 0 Å². The van der Waals surface area contributed by atoms with Gasteiger partial charge in [-0.05, 0) is 25.3 Å². The molecular formula is C10H17NO. The third-order valence-corrected chi connectivity index (χ3v) is 2.02. The molecule has 2 nitrogen and oxygen atoms in total. The molecule has 2 N–H and O–H groups in total. The molecule has 0 aliphatic rings. The van der Waals surface area contributed by atoms with Crippen molar-refractivity contribution in [3.8, 4) is 0 Å². The second-order valence-electron chi connectivity index (χ2n) is 3.67. The zero-order chi connectivity index (χ0) is 9.14. The summed E-state index contributed by atoms with van der Waals surface area (Å²) < 4.78 is 5.19. The van der Waals surface area contributed by atoms with E-state index in [1.165, 1.54) is 0 Å². The largest absolute Gasteiger partial charge is 0.469 e. The number of hydrogen-bond acceptors (Lipinski definition) is 2. The van der Waals surface area contributed by atoms with Crippen LogP contribution in [0.25, 0.3) is 0 Å². The molecule has 12 heavy (non-hydrogen) atoms. The highest BCUT2D eigenvalue weighted by molar-refractivity contribution is 5.19. The normalized spacial score (nSPS) is 13.8. The predicted octanol–water partition coefficient (Wildman–Crippen LogP) is 2.63. The van der Waals surface area contributed by atoms with Gasteiger partial charge in [-0.2, -0.15) is 0 Å². The Hall–Kier alpha value is -0.760. The summed E-state index contributed by atoms with van der Waals surface area (Å²) >= 11 is 0. The molecule has 1 aromatic heterocycles. The fourth-order valence-corrected chi connectivity index (χ4v) is 1.41. The molecule has 0 aromatic carbocycles. The van der Waals surface area contributed by atoms with Crippen molar-refractivity contribution in [2.24, 2.45) is 11.7 Å². The SMILES string of the molecule is Cc1occc1C(N)CC(C)C. The topological polar surface area (TPSA) is 39.2 Å². The summed E-state index contributed by atoms with van der Waals surface area (Å²) in [6, 6.07) is 2.09. The molecule has 1 aromatic rings. The number of aryl methyl sites for hydroxylation is 1. The second-order valence-corrected chi connectivity index (χ2v) is 3.67. The van der Waals surface area contributed by atoms with E-state index in [0.717, 1.165) is 17.7 Å². The summed E-state index contributed by atoms with van der Waals surface area (Å²) in [4.78, 5) is 0. The lowest BCUT2D eigenvalue weighted by Gasteiger charge is -2.12. The molecule has 0 bridgehead atoms. The highest BCUT2D eigenvalue weighted by atomic mass is 16.3. The van der Waals surface area contributed by atoms with Crippen LogP contribution in [0.4, 0.5) is 0 Å². The summed E-state index contributed by atoms with van der Waals surface area (Å²) in [7, 11) is 0. The molecule has 0 saturated heterocycles. The number of rotatable bonds is 3. The van der Waals surface area contributed by atoms with Gasteiger partial charge in [0.05, 0.1) is 6.26 Å². The Bertz CT molecular complexity index is 240. The van der Waals surface area contributed by atoms with Gasteiger partial charge in [-0.1, -0.05) is 13.8 Å². The van der Waals surface area contributed by atoms with E-state index in [4.69, 9.17) is 10.2 Å². The molecule has 0 radical (unpaired) electrons. The van der Waals surface area contributed by atoms with Crippen LogP contribution in [-0.4, -0.2) is 0 Å². The smallest absolute Gasteiger partial charge is 0.105 e. The second kappa shape index (κ2) is 3.76. The summed E-state index contributed by atoms with van der Waals surface area (Å²) in [5.41, 5.74) is 7.12. The van der Waals surface area contributed by atoms with Gasteiger partial charge in [-0.3, -0.25) is 0 Å². The van der Waals surface area contributed by atoms with Crippen LogP contribution in [0.2, 0.25) is 0 Å². The number of furan rings is 1. The first-order chi connectivity index (χ1) is 5.61. The summed E-state index contributed by atoms with van der Waals surface area (Å²) in [5, 5.41) is 0. The predicted molar refractivity (Wildman–Crippen MR) is 49.8 cm³/mol. The van der Waals surface area contributed by atoms with E-state index in [9.17, 15) is 0 Å². The Morgan fingerprint density at radius 2 is 2.17 bits per heavy atom.